The van der Waals surface area contributed by atoms with Gasteiger partial charge in [0.15, 0.2) is 0 Å². The third kappa shape index (κ3) is 2.41. The molecule has 0 spiro atoms. The fourth-order valence-electron chi connectivity index (χ4n) is 3.63. The highest BCUT2D eigenvalue weighted by molar-refractivity contribution is 5.75. The molecule has 0 bridgehead atoms. The van der Waals surface area contributed by atoms with E-state index in [2.05, 4.69) is 75.2 Å². The molecule has 3 rings (SSSR count). The van der Waals surface area contributed by atoms with E-state index in [4.69, 9.17) is 4.99 Å². The highest BCUT2D eigenvalue weighted by atomic mass is 15.3. The van der Waals surface area contributed by atoms with Gasteiger partial charge >= 0.3 is 0 Å². The molecule has 0 unspecified atom stereocenters. The van der Waals surface area contributed by atoms with Crippen LogP contribution in [0.5, 0.6) is 0 Å². The van der Waals surface area contributed by atoms with Crippen molar-refractivity contribution in [1.29, 1.82) is 0 Å². The molecule has 0 fully saturated rings. The summed E-state index contributed by atoms with van der Waals surface area (Å²) >= 11 is 0. The molecule has 116 valence electrons. The van der Waals surface area contributed by atoms with Crippen LogP contribution < -0.4 is 4.90 Å². The first kappa shape index (κ1) is 15.1. The molecule has 0 N–H and O–H groups in total. The highest BCUT2D eigenvalue weighted by Crippen LogP contribution is 2.52. The van der Waals surface area contributed by atoms with E-state index < -0.39 is 0 Å². The van der Waals surface area contributed by atoms with Gasteiger partial charge in [0, 0.05) is 23.9 Å². The Labute approximate surface area is 134 Å². The normalized spacial score (nSPS) is 24.9. The number of hydrogen-bond acceptors (Lipinski definition) is 2. The maximum Gasteiger partial charge on any atom is 0.131 e. The Hall–Kier alpha value is -1.83. The number of anilines is 1. The zero-order chi connectivity index (χ0) is 15.7. The molecule has 2 heterocycles. The van der Waals surface area contributed by atoms with E-state index in [1.807, 2.05) is 0 Å². The summed E-state index contributed by atoms with van der Waals surface area (Å²) in [4.78, 5) is 7.34. The first-order chi connectivity index (χ1) is 10.5. The zero-order valence-electron chi connectivity index (χ0n) is 14.1. The van der Waals surface area contributed by atoms with Crippen LogP contribution in [0.2, 0.25) is 0 Å². The minimum atomic E-state index is 0.128. The van der Waals surface area contributed by atoms with Gasteiger partial charge in [0.2, 0.25) is 0 Å². The first-order valence-electron chi connectivity index (χ1n) is 8.19. The minimum Gasteiger partial charge on any atom is -0.345 e. The van der Waals surface area contributed by atoms with Gasteiger partial charge in [-0.2, -0.15) is 0 Å². The van der Waals surface area contributed by atoms with Crippen LogP contribution in [0.25, 0.3) is 0 Å². The zero-order valence-corrected chi connectivity index (χ0v) is 14.1. The highest BCUT2D eigenvalue weighted by Gasteiger charge is 2.51. The Bertz CT molecular complexity index is 645. The van der Waals surface area contributed by atoms with Crippen molar-refractivity contribution >= 4 is 11.9 Å². The lowest BCUT2D eigenvalue weighted by Gasteiger charge is -2.31. The van der Waals surface area contributed by atoms with Crippen molar-refractivity contribution in [3.05, 3.63) is 53.1 Å². The molecular weight excluding hydrogens is 268 g/mol. The van der Waals surface area contributed by atoms with E-state index in [0.717, 1.165) is 19.4 Å². The quantitative estimate of drug-likeness (QED) is 0.723. The lowest BCUT2D eigenvalue weighted by molar-refractivity contribution is 0.404. The Morgan fingerprint density at radius 1 is 1.18 bits per heavy atom. The van der Waals surface area contributed by atoms with Crippen LogP contribution in [-0.2, 0) is 5.41 Å². The topological polar surface area (TPSA) is 15.6 Å². The Kier molecular flexibility index (Phi) is 3.94. The summed E-state index contributed by atoms with van der Waals surface area (Å²) in [6.07, 6.45) is 9.18. The van der Waals surface area contributed by atoms with E-state index in [0.29, 0.717) is 0 Å². The van der Waals surface area contributed by atoms with Crippen LogP contribution in [0.3, 0.4) is 0 Å². The van der Waals surface area contributed by atoms with Gasteiger partial charge in [-0.1, -0.05) is 41.5 Å². The van der Waals surface area contributed by atoms with Gasteiger partial charge in [-0.15, -0.1) is 0 Å². The molecule has 22 heavy (non-hydrogen) atoms. The van der Waals surface area contributed by atoms with Crippen molar-refractivity contribution in [3.63, 3.8) is 0 Å². The van der Waals surface area contributed by atoms with Crippen molar-refractivity contribution in [3.8, 4) is 0 Å². The van der Waals surface area contributed by atoms with Crippen molar-refractivity contribution in [1.82, 2.24) is 0 Å². The summed E-state index contributed by atoms with van der Waals surface area (Å²) in [5, 5.41) is 0. The number of aliphatic imine (C=N–C) groups is 1. The standard InChI is InChI=1S/C20H26N2/c1-15(2)9-11-20-12-13-21-19(20)22(14-10-16(3)4)18-8-6-5-7-17(18)20/h5-10,13,19H,11-12,14H2,1-4H3/t19-,20+/m1/s1. The molecule has 0 aliphatic carbocycles. The van der Waals surface area contributed by atoms with Crippen LogP contribution in [-0.4, -0.2) is 18.9 Å². The second kappa shape index (κ2) is 5.75. The van der Waals surface area contributed by atoms with Gasteiger partial charge in [0.1, 0.15) is 6.17 Å². The number of nitrogens with zero attached hydrogens (tertiary/aromatic N) is 2. The average molecular weight is 294 g/mol. The summed E-state index contributed by atoms with van der Waals surface area (Å²) in [7, 11) is 0. The summed E-state index contributed by atoms with van der Waals surface area (Å²) in [5.74, 6) is 0. The average Bonchev–Trinajstić information content (AvgIpc) is 2.99. The Morgan fingerprint density at radius 3 is 2.64 bits per heavy atom. The molecule has 2 aliphatic heterocycles. The molecule has 2 aliphatic rings. The van der Waals surface area contributed by atoms with Crippen LogP contribution in [0, 0.1) is 0 Å². The van der Waals surface area contributed by atoms with Gasteiger partial charge in [-0.05, 0) is 52.2 Å². The van der Waals surface area contributed by atoms with Gasteiger partial charge in [-0.25, -0.2) is 0 Å². The molecule has 2 nitrogen and oxygen atoms in total. The van der Waals surface area contributed by atoms with Crippen LogP contribution >= 0.6 is 0 Å². The van der Waals surface area contributed by atoms with E-state index in [1.165, 1.54) is 22.4 Å². The summed E-state index contributed by atoms with van der Waals surface area (Å²) in [6.45, 7) is 9.64. The number of fused-ring (bicyclic) bond motifs is 3. The van der Waals surface area contributed by atoms with Crippen molar-refractivity contribution in [2.45, 2.75) is 52.1 Å². The first-order valence-corrected chi connectivity index (χ1v) is 8.19. The fraction of sp³-hybridized carbons (Fsp3) is 0.450. The number of rotatable bonds is 4. The molecule has 0 saturated heterocycles. The van der Waals surface area contributed by atoms with Gasteiger partial charge in [-0.3, -0.25) is 4.99 Å². The maximum absolute atomic E-state index is 4.86. The van der Waals surface area contributed by atoms with Gasteiger partial charge in [0.05, 0.1) is 0 Å². The number of para-hydroxylation sites is 1. The molecule has 2 heteroatoms. The lowest BCUT2D eigenvalue weighted by Crippen LogP contribution is -2.40. The molecule has 0 aromatic heterocycles. The monoisotopic (exact) mass is 294 g/mol. The maximum atomic E-state index is 4.86. The van der Waals surface area contributed by atoms with Crippen molar-refractivity contribution in [2.75, 3.05) is 11.4 Å². The second-order valence-electron chi connectivity index (χ2n) is 7.00. The molecule has 1 aromatic rings. The minimum absolute atomic E-state index is 0.128. The SMILES string of the molecule is CC(C)=CCN1c2ccccc2[C@]2(CC=C(C)C)CC=N[C@H]12. The second-order valence-corrected chi connectivity index (χ2v) is 7.00. The smallest absolute Gasteiger partial charge is 0.131 e. The van der Waals surface area contributed by atoms with Gasteiger partial charge in [0.25, 0.3) is 0 Å². The van der Waals surface area contributed by atoms with E-state index >= 15 is 0 Å². The molecule has 1 aromatic carbocycles. The predicted molar refractivity (Wildman–Crippen MR) is 95.8 cm³/mol. The summed E-state index contributed by atoms with van der Waals surface area (Å²) in [5.41, 5.74) is 5.71. The number of allylic oxidation sites excluding steroid dienone is 3. The number of benzene rings is 1. The Balaban J connectivity index is 2.04. The van der Waals surface area contributed by atoms with Crippen LogP contribution in [0.15, 0.2) is 52.6 Å². The van der Waals surface area contributed by atoms with E-state index in [1.54, 1.807) is 0 Å². The molecule has 0 amide bonds. The fourth-order valence-corrected chi connectivity index (χ4v) is 3.63. The third-order valence-electron chi connectivity index (χ3n) is 4.81. The molecular formula is C20H26N2. The largest absolute Gasteiger partial charge is 0.345 e. The van der Waals surface area contributed by atoms with Crippen LogP contribution in [0.4, 0.5) is 5.69 Å². The Morgan fingerprint density at radius 2 is 1.91 bits per heavy atom. The van der Waals surface area contributed by atoms with Gasteiger partial charge < -0.3 is 4.90 Å². The molecule has 0 radical (unpaired) electrons. The lowest BCUT2D eigenvalue weighted by atomic mass is 9.76. The molecule has 0 saturated carbocycles. The molecule has 2 atom stereocenters. The van der Waals surface area contributed by atoms with E-state index in [9.17, 15) is 0 Å². The number of hydrogen-bond donors (Lipinski definition) is 0. The van der Waals surface area contributed by atoms with E-state index in [-0.39, 0.29) is 11.6 Å². The predicted octanol–water partition coefficient (Wildman–Crippen LogP) is 4.87. The van der Waals surface area contributed by atoms with Crippen molar-refractivity contribution in [2.24, 2.45) is 4.99 Å². The van der Waals surface area contributed by atoms with Crippen LogP contribution in [0.1, 0.15) is 46.1 Å². The van der Waals surface area contributed by atoms with Crippen molar-refractivity contribution < 1.29 is 0 Å². The summed E-state index contributed by atoms with van der Waals surface area (Å²) in [6, 6.07) is 8.88. The summed E-state index contributed by atoms with van der Waals surface area (Å²) < 4.78 is 0. The third-order valence-corrected chi connectivity index (χ3v) is 4.81.